The first-order valence-electron chi connectivity index (χ1n) is 9.99. The third-order valence-corrected chi connectivity index (χ3v) is 7.20. The average molecular weight is 341 g/mol. The fourth-order valence-electron chi connectivity index (χ4n) is 6.33. The fourth-order valence-corrected chi connectivity index (χ4v) is 6.33. The van der Waals surface area contributed by atoms with Crippen molar-refractivity contribution in [2.75, 3.05) is 7.11 Å². The highest BCUT2D eigenvalue weighted by Gasteiger charge is 2.53. The molecule has 0 aliphatic heterocycles. The topological polar surface area (TPSA) is 38.3 Å². The molecule has 0 unspecified atom stereocenters. The number of ether oxygens (including phenoxy) is 1. The van der Waals surface area contributed by atoms with Crippen LogP contribution in [0.3, 0.4) is 0 Å². The molecule has 25 heavy (non-hydrogen) atoms. The highest BCUT2D eigenvalue weighted by atomic mass is 16.5. The van der Waals surface area contributed by atoms with E-state index in [2.05, 4.69) is 18.3 Å². The molecule has 1 aromatic carbocycles. The second kappa shape index (κ2) is 6.66. The van der Waals surface area contributed by atoms with Crippen LogP contribution in [0.2, 0.25) is 0 Å². The first kappa shape index (κ1) is 16.9. The molecule has 0 saturated heterocycles. The van der Waals surface area contributed by atoms with Crippen molar-refractivity contribution in [2.45, 2.75) is 64.3 Å². The monoisotopic (exact) mass is 341 g/mol. The van der Waals surface area contributed by atoms with Gasteiger partial charge in [-0.2, -0.15) is 0 Å². The molecular weight excluding hydrogens is 310 g/mol. The molecule has 4 aliphatic carbocycles. The van der Waals surface area contributed by atoms with Crippen molar-refractivity contribution in [3.05, 3.63) is 29.8 Å². The Morgan fingerprint density at radius 3 is 2.36 bits per heavy atom. The molecule has 3 nitrogen and oxygen atoms in total. The summed E-state index contributed by atoms with van der Waals surface area (Å²) in [5.41, 5.74) is 1.50. The van der Waals surface area contributed by atoms with Gasteiger partial charge in [0.25, 0.3) is 0 Å². The van der Waals surface area contributed by atoms with Gasteiger partial charge in [-0.1, -0.05) is 18.2 Å². The third kappa shape index (κ3) is 3.30. The van der Waals surface area contributed by atoms with Crippen molar-refractivity contribution < 1.29 is 9.53 Å². The number of hydrogen-bond acceptors (Lipinski definition) is 2. The zero-order valence-corrected chi connectivity index (χ0v) is 15.6. The van der Waals surface area contributed by atoms with E-state index in [0.717, 1.165) is 35.5 Å². The first-order chi connectivity index (χ1) is 12.1. The number of carbonyl (C=O) groups is 1. The minimum absolute atomic E-state index is 0.189. The maximum absolute atomic E-state index is 12.6. The number of amides is 1. The van der Waals surface area contributed by atoms with Crippen LogP contribution in [-0.2, 0) is 11.2 Å². The van der Waals surface area contributed by atoms with Gasteiger partial charge >= 0.3 is 0 Å². The molecule has 3 heteroatoms. The van der Waals surface area contributed by atoms with E-state index in [4.69, 9.17) is 4.74 Å². The van der Waals surface area contributed by atoms with Crippen molar-refractivity contribution in [1.82, 2.24) is 5.32 Å². The number of para-hydroxylation sites is 1. The normalized spacial score (nSPS) is 33.9. The molecule has 0 radical (unpaired) electrons. The molecule has 4 saturated carbocycles. The van der Waals surface area contributed by atoms with Crippen LogP contribution in [0.1, 0.15) is 57.4 Å². The summed E-state index contributed by atoms with van der Waals surface area (Å²) in [6.45, 7) is 2.26. The van der Waals surface area contributed by atoms with E-state index >= 15 is 0 Å². The molecule has 1 N–H and O–H groups in total. The smallest absolute Gasteiger partial charge is 0.220 e. The van der Waals surface area contributed by atoms with Crippen LogP contribution in [0.5, 0.6) is 5.75 Å². The molecule has 0 spiro atoms. The van der Waals surface area contributed by atoms with E-state index in [1.54, 1.807) is 7.11 Å². The molecule has 0 aromatic heterocycles. The Hall–Kier alpha value is -1.51. The fraction of sp³-hybridized carbons (Fsp3) is 0.682. The van der Waals surface area contributed by atoms with Crippen molar-refractivity contribution in [1.29, 1.82) is 0 Å². The quantitative estimate of drug-likeness (QED) is 0.835. The molecule has 0 heterocycles. The van der Waals surface area contributed by atoms with Crippen LogP contribution in [0.15, 0.2) is 24.3 Å². The standard InChI is InChI=1S/C22H31NO2/c1-15(22-12-16-9-17(13-22)11-18(10-16)14-22)23-21(24)8-7-19-5-3-4-6-20(19)25-2/h3-6,15-18H,7-14H2,1-2H3,(H,23,24)/t15-,16?,17?,18?,22?/m1/s1. The maximum Gasteiger partial charge on any atom is 0.220 e. The number of methoxy groups -OCH3 is 1. The lowest BCUT2D eigenvalue weighted by Crippen LogP contribution is -2.55. The number of rotatable bonds is 6. The molecule has 1 aromatic rings. The highest BCUT2D eigenvalue weighted by Crippen LogP contribution is 2.61. The summed E-state index contributed by atoms with van der Waals surface area (Å²) in [5.74, 6) is 3.86. The first-order valence-corrected chi connectivity index (χ1v) is 9.99. The number of hydrogen-bond donors (Lipinski definition) is 1. The zero-order valence-electron chi connectivity index (χ0n) is 15.6. The predicted octanol–water partition coefficient (Wildman–Crippen LogP) is 4.35. The Kier molecular flexibility index (Phi) is 4.51. The van der Waals surface area contributed by atoms with Gasteiger partial charge in [-0.3, -0.25) is 4.79 Å². The van der Waals surface area contributed by atoms with Crippen LogP contribution >= 0.6 is 0 Å². The summed E-state index contributed by atoms with van der Waals surface area (Å²) in [4.78, 5) is 12.6. The van der Waals surface area contributed by atoms with E-state index in [9.17, 15) is 4.79 Å². The molecular formula is C22H31NO2. The third-order valence-electron chi connectivity index (χ3n) is 7.20. The minimum Gasteiger partial charge on any atom is -0.496 e. The molecule has 5 rings (SSSR count). The Balaban J connectivity index is 1.35. The lowest BCUT2D eigenvalue weighted by atomic mass is 9.48. The van der Waals surface area contributed by atoms with Gasteiger partial charge in [0.1, 0.15) is 5.75 Å². The molecule has 1 atom stereocenters. The molecule has 4 fully saturated rings. The lowest BCUT2D eigenvalue weighted by molar-refractivity contribution is -0.125. The van der Waals surface area contributed by atoms with E-state index < -0.39 is 0 Å². The van der Waals surface area contributed by atoms with Gasteiger partial charge in [-0.05, 0) is 86.7 Å². The number of carbonyl (C=O) groups excluding carboxylic acids is 1. The van der Waals surface area contributed by atoms with E-state index in [1.807, 2.05) is 18.2 Å². The van der Waals surface area contributed by atoms with Gasteiger partial charge in [0.2, 0.25) is 5.91 Å². The van der Waals surface area contributed by atoms with Gasteiger partial charge in [0.15, 0.2) is 0 Å². The van der Waals surface area contributed by atoms with Gasteiger partial charge in [0, 0.05) is 12.5 Å². The van der Waals surface area contributed by atoms with Gasteiger partial charge < -0.3 is 10.1 Å². The second-order valence-corrected chi connectivity index (χ2v) is 8.88. The van der Waals surface area contributed by atoms with E-state index in [0.29, 0.717) is 17.9 Å². The van der Waals surface area contributed by atoms with Crippen molar-refractivity contribution in [3.8, 4) is 5.75 Å². The van der Waals surface area contributed by atoms with Crippen molar-refractivity contribution >= 4 is 5.91 Å². The molecule has 136 valence electrons. The van der Waals surface area contributed by atoms with Crippen LogP contribution in [0.25, 0.3) is 0 Å². The van der Waals surface area contributed by atoms with E-state index in [-0.39, 0.29) is 5.91 Å². The Labute approximate surface area is 151 Å². The molecule has 4 bridgehead atoms. The predicted molar refractivity (Wildman–Crippen MR) is 99.5 cm³/mol. The Morgan fingerprint density at radius 1 is 1.16 bits per heavy atom. The molecule has 1 amide bonds. The average Bonchev–Trinajstić information content (AvgIpc) is 2.59. The lowest BCUT2D eigenvalue weighted by Gasteiger charge is -2.59. The highest BCUT2D eigenvalue weighted by molar-refractivity contribution is 5.76. The SMILES string of the molecule is COc1ccccc1CCC(=O)N[C@H](C)C12CC3CC(CC(C3)C1)C2. The van der Waals surface area contributed by atoms with Gasteiger partial charge in [-0.15, -0.1) is 0 Å². The summed E-state index contributed by atoms with van der Waals surface area (Å²) < 4.78 is 5.39. The van der Waals surface area contributed by atoms with Crippen LogP contribution < -0.4 is 10.1 Å². The maximum atomic E-state index is 12.6. The number of benzene rings is 1. The second-order valence-electron chi connectivity index (χ2n) is 8.88. The van der Waals surface area contributed by atoms with Crippen LogP contribution in [-0.4, -0.2) is 19.1 Å². The Morgan fingerprint density at radius 2 is 1.76 bits per heavy atom. The molecule has 4 aliphatic rings. The van der Waals surface area contributed by atoms with Gasteiger partial charge in [-0.25, -0.2) is 0 Å². The summed E-state index contributed by atoms with van der Waals surface area (Å²) in [6, 6.07) is 8.30. The van der Waals surface area contributed by atoms with Crippen molar-refractivity contribution in [3.63, 3.8) is 0 Å². The summed E-state index contributed by atoms with van der Waals surface area (Å²) in [5, 5.41) is 3.36. The van der Waals surface area contributed by atoms with Crippen molar-refractivity contribution in [2.24, 2.45) is 23.2 Å². The summed E-state index contributed by atoms with van der Waals surface area (Å²) in [7, 11) is 1.69. The van der Waals surface area contributed by atoms with Crippen LogP contribution in [0, 0.1) is 23.2 Å². The zero-order chi connectivity index (χ0) is 17.4. The van der Waals surface area contributed by atoms with Gasteiger partial charge in [0.05, 0.1) is 7.11 Å². The summed E-state index contributed by atoms with van der Waals surface area (Å²) in [6.07, 6.45) is 9.66. The number of aryl methyl sites for hydroxylation is 1. The minimum atomic E-state index is 0.189. The largest absolute Gasteiger partial charge is 0.496 e. The number of nitrogens with one attached hydrogen (secondary N) is 1. The summed E-state index contributed by atoms with van der Waals surface area (Å²) >= 11 is 0. The van der Waals surface area contributed by atoms with Crippen LogP contribution in [0.4, 0.5) is 0 Å². The Bertz CT molecular complexity index is 603. The van der Waals surface area contributed by atoms with E-state index in [1.165, 1.54) is 38.5 Å².